The van der Waals surface area contributed by atoms with Gasteiger partial charge in [-0.25, -0.2) is 8.78 Å². The van der Waals surface area contributed by atoms with Gasteiger partial charge in [0.1, 0.15) is 11.6 Å². The lowest BCUT2D eigenvalue weighted by Gasteiger charge is -2.38. The van der Waals surface area contributed by atoms with E-state index in [-0.39, 0.29) is 28.8 Å². The van der Waals surface area contributed by atoms with E-state index in [1.807, 2.05) is 11.0 Å². The molecule has 2 aromatic carbocycles. The Morgan fingerprint density at radius 3 is 2.50 bits per heavy atom. The second-order valence-electron chi connectivity index (χ2n) is 9.27. The van der Waals surface area contributed by atoms with Crippen LogP contribution in [-0.4, -0.2) is 46.8 Å². The number of halogens is 2. The van der Waals surface area contributed by atoms with Gasteiger partial charge in [0.05, 0.1) is 17.2 Å². The molecule has 34 heavy (non-hydrogen) atoms. The van der Waals surface area contributed by atoms with Crippen molar-refractivity contribution < 1.29 is 18.4 Å². The van der Waals surface area contributed by atoms with Crippen molar-refractivity contribution in [3.8, 4) is 6.07 Å². The van der Waals surface area contributed by atoms with Gasteiger partial charge in [0.2, 0.25) is 5.91 Å². The van der Waals surface area contributed by atoms with Gasteiger partial charge in [0.25, 0.3) is 5.91 Å². The minimum absolute atomic E-state index is 0.0528. The van der Waals surface area contributed by atoms with E-state index >= 15 is 0 Å². The smallest absolute Gasteiger partial charge is 0.257 e. The highest BCUT2D eigenvalue weighted by molar-refractivity contribution is 5.95. The first-order valence-corrected chi connectivity index (χ1v) is 12.0. The average Bonchev–Trinajstić information content (AvgIpc) is 3.13. The quantitative estimate of drug-likeness (QED) is 0.634. The molecule has 2 saturated heterocycles. The number of likely N-dealkylation sites (tertiary alicyclic amines) is 2. The predicted octanol–water partition coefficient (Wildman–Crippen LogP) is 4.85. The molecule has 4 rings (SSSR count). The van der Waals surface area contributed by atoms with Gasteiger partial charge in [-0.3, -0.25) is 9.59 Å². The summed E-state index contributed by atoms with van der Waals surface area (Å²) < 4.78 is 28.3. The Morgan fingerprint density at radius 2 is 1.74 bits per heavy atom. The molecular formula is C27H29F2N3O2. The molecule has 1 spiro atoms. The van der Waals surface area contributed by atoms with Crippen LogP contribution >= 0.6 is 0 Å². The van der Waals surface area contributed by atoms with E-state index < -0.39 is 11.4 Å². The molecule has 5 nitrogen and oxygen atoms in total. The van der Waals surface area contributed by atoms with Crippen LogP contribution < -0.4 is 0 Å². The van der Waals surface area contributed by atoms with Crippen LogP contribution in [0.3, 0.4) is 0 Å². The lowest BCUT2D eigenvalue weighted by atomic mass is 9.87. The summed E-state index contributed by atoms with van der Waals surface area (Å²) in [7, 11) is 0. The summed E-state index contributed by atoms with van der Waals surface area (Å²) in [5.74, 6) is -1.19. The Hall–Kier alpha value is -3.27. The fourth-order valence-electron chi connectivity index (χ4n) is 5.40. The Kier molecular flexibility index (Phi) is 7.26. The number of hydrogen-bond acceptors (Lipinski definition) is 3. The van der Waals surface area contributed by atoms with E-state index in [1.54, 1.807) is 23.1 Å². The molecule has 2 aliphatic heterocycles. The zero-order valence-electron chi connectivity index (χ0n) is 19.2. The first-order valence-electron chi connectivity index (χ1n) is 12.0. The minimum Gasteiger partial charge on any atom is -0.343 e. The fraction of sp³-hybridized carbons (Fsp3) is 0.444. The van der Waals surface area contributed by atoms with Gasteiger partial charge in [-0.1, -0.05) is 18.2 Å². The third kappa shape index (κ3) is 4.96. The molecule has 178 valence electrons. The summed E-state index contributed by atoms with van der Waals surface area (Å²) in [6.45, 7) is 1.72. The molecule has 0 aliphatic carbocycles. The highest BCUT2D eigenvalue weighted by Gasteiger charge is 2.45. The van der Waals surface area contributed by atoms with Gasteiger partial charge in [0, 0.05) is 31.6 Å². The lowest BCUT2D eigenvalue weighted by molar-refractivity contribution is -0.131. The average molecular weight is 466 g/mol. The fourth-order valence-corrected chi connectivity index (χ4v) is 5.40. The monoisotopic (exact) mass is 465 g/mol. The minimum atomic E-state index is -0.619. The molecule has 0 N–H and O–H groups in total. The molecular weight excluding hydrogens is 436 g/mol. The van der Waals surface area contributed by atoms with Crippen LogP contribution in [0, 0.1) is 23.0 Å². The highest BCUT2D eigenvalue weighted by atomic mass is 19.1. The maximum absolute atomic E-state index is 14.4. The van der Waals surface area contributed by atoms with E-state index in [4.69, 9.17) is 5.26 Å². The van der Waals surface area contributed by atoms with Crippen molar-refractivity contribution in [1.29, 1.82) is 5.26 Å². The number of carbonyl (C=O) groups excluding carboxylic acids is 2. The molecule has 2 heterocycles. The molecule has 0 bridgehead atoms. The topological polar surface area (TPSA) is 64.4 Å². The molecule has 2 fully saturated rings. The molecule has 0 aromatic heterocycles. The first-order chi connectivity index (χ1) is 16.4. The number of benzene rings is 2. The van der Waals surface area contributed by atoms with Crippen LogP contribution in [0.2, 0.25) is 0 Å². The normalized spacial score (nSPS) is 20.3. The van der Waals surface area contributed by atoms with Crippen LogP contribution in [0.25, 0.3) is 0 Å². The third-order valence-corrected chi connectivity index (χ3v) is 7.23. The van der Waals surface area contributed by atoms with Crippen LogP contribution in [0.5, 0.6) is 0 Å². The molecule has 2 aliphatic rings. The van der Waals surface area contributed by atoms with Gasteiger partial charge in [0.15, 0.2) is 0 Å². The summed E-state index contributed by atoms with van der Waals surface area (Å²) in [5, 5.41) is 9.15. The number of nitriles is 1. The zero-order chi connectivity index (χ0) is 24.1. The van der Waals surface area contributed by atoms with Crippen molar-refractivity contribution in [3.05, 3.63) is 70.8 Å². The van der Waals surface area contributed by atoms with E-state index in [9.17, 15) is 18.4 Å². The van der Waals surface area contributed by atoms with Crippen LogP contribution in [-0.2, 0) is 11.2 Å². The highest BCUT2D eigenvalue weighted by Crippen LogP contribution is 2.39. The van der Waals surface area contributed by atoms with Gasteiger partial charge in [-0.05, 0) is 74.8 Å². The van der Waals surface area contributed by atoms with Crippen molar-refractivity contribution in [1.82, 2.24) is 9.80 Å². The first kappa shape index (κ1) is 23.9. The van der Waals surface area contributed by atoms with Crippen molar-refractivity contribution in [2.75, 3.05) is 19.6 Å². The molecule has 1 unspecified atom stereocenters. The lowest BCUT2D eigenvalue weighted by Crippen LogP contribution is -2.48. The van der Waals surface area contributed by atoms with Gasteiger partial charge < -0.3 is 9.80 Å². The van der Waals surface area contributed by atoms with Crippen molar-refractivity contribution in [3.63, 3.8) is 0 Å². The number of carbonyl (C=O) groups is 2. The van der Waals surface area contributed by atoms with Crippen molar-refractivity contribution in [2.45, 2.75) is 56.9 Å². The van der Waals surface area contributed by atoms with E-state index in [0.29, 0.717) is 50.9 Å². The van der Waals surface area contributed by atoms with Gasteiger partial charge >= 0.3 is 0 Å². The molecule has 0 radical (unpaired) electrons. The number of nitrogens with zero attached hydrogens (tertiary/aromatic N) is 3. The standard InChI is InChI=1S/C27H29F2N3O2/c28-23-8-2-1-6-21(23)7-3-9-25(33)31-15-4-12-27(14-17-31)13-5-16-32(27)26(34)22-18-20(19-30)10-11-24(22)29/h1-2,6,8,10-11,18H,3-5,7,9,12-17H2. The summed E-state index contributed by atoms with van der Waals surface area (Å²) in [4.78, 5) is 29.8. The number of rotatable bonds is 5. The Balaban J connectivity index is 1.39. The number of amides is 2. The number of aryl methyl sites for hydroxylation is 1. The second-order valence-corrected chi connectivity index (χ2v) is 9.27. The van der Waals surface area contributed by atoms with Crippen molar-refractivity contribution >= 4 is 11.8 Å². The van der Waals surface area contributed by atoms with Crippen molar-refractivity contribution in [2.24, 2.45) is 0 Å². The molecule has 2 amide bonds. The summed E-state index contributed by atoms with van der Waals surface area (Å²) in [6.07, 6.45) is 5.30. The molecule has 0 saturated carbocycles. The van der Waals surface area contributed by atoms with E-state index in [0.717, 1.165) is 25.7 Å². The van der Waals surface area contributed by atoms with E-state index in [1.165, 1.54) is 24.3 Å². The second kappa shape index (κ2) is 10.3. The zero-order valence-corrected chi connectivity index (χ0v) is 19.2. The predicted molar refractivity (Wildman–Crippen MR) is 124 cm³/mol. The Morgan fingerprint density at radius 1 is 0.971 bits per heavy atom. The van der Waals surface area contributed by atoms with Crippen LogP contribution in [0.1, 0.15) is 66.4 Å². The maximum Gasteiger partial charge on any atom is 0.257 e. The summed E-state index contributed by atoms with van der Waals surface area (Å²) >= 11 is 0. The third-order valence-electron chi connectivity index (χ3n) is 7.23. The molecule has 1 atom stereocenters. The van der Waals surface area contributed by atoms with E-state index in [2.05, 4.69) is 0 Å². The Bertz CT molecular complexity index is 1110. The summed E-state index contributed by atoms with van der Waals surface area (Å²) in [5.41, 5.74) is 0.420. The molecule has 7 heteroatoms. The largest absolute Gasteiger partial charge is 0.343 e. The number of hydrogen-bond donors (Lipinski definition) is 0. The van der Waals surface area contributed by atoms with Crippen LogP contribution in [0.15, 0.2) is 42.5 Å². The maximum atomic E-state index is 14.4. The van der Waals surface area contributed by atoms with Gasteiger partial charge in [-0.15, -0.1) is 0 Å². The Labute approximate surface area is 199 Å². The van der Waals surface area contributed by atoms with Crippen LogP contribution in [0.4, 0.5) is 8.78 Å². The van der Waals surface area contributed by atoms with Gasteiger partial charge in [-0.2, -0.15) is 5.26 Å². The molecule has 2 aromatic rings. The summed E-state index contributed by atoms with van der Waals surface area (Å²) in [6, 6.07) is 12.5. The SMILES string of the molecule is N#Cc1ccc(F)c(C(=O)N2CCCC23CCCN(C(=O)CCCc2ccccc2F)CC3)c1.